The van der Waals surface area contributed by atoms with Gasteiger partial charge in [-0.15, -0.1) is 0 Å². The maximum atomic E-state index is 10.3. The molecule has 0 aliphatic carbocycles. The van der Waals surface area contributed by atoms with Crippen molar-refractivity contribution in [3.63, 3.8) is 0 Å². The molecule has 0 saturated carbocycles. The molecule has 1 heterocycles. The second kappa shape index (κ2) is 5.27. The van der Waals surface area contributed by atoms with E-state index < -0.39 is 6.17 Å². The highest BCUT2D eigenvalue weighted by Gasteiger charge is 2.25. The molecule has 100 valence electrons. The Morgan fingerprint density at radius 1 is 0.900 bits per heavy atom. The van der Waals surface area contributed by atoms with Gasteiger partial charge in [-0.3, -0.25) is 5.21 Å². The fraction of sp³-hybridized carbons (Fsp3) is 0.125. The van der Waals surface area contributed by atoms with E-state index in [1.165, 1.54) is 5.06 Å². The van der Waals surface area contributed by atoms with E-state index in [4.69, 9.17) is 0 Å². The fourth-order valence-electron chi connectivity index (χ4n) is 2.19. The van der Waals surface area contributed by atoms with E-state index in [2.05, 4.69) is 10.2 Å². The van der Waals surface area contributed by atoms with E-state index in [1.807, 2.05) is 60.7 Å². The first-order valence-corrected chi connectivity index (χ1v) is 6.51. The molecule has 4 heteroatoms. The molecule has 0 saturated heterocycles. The minimum atomic E-state index is -0.391. The number of hydrogen-bond acceptors (Lipinski definition) is 4. The van der Waals surface area contributed by atoms with Gasteiger partial charge in [0.1, 0.15) is 11.4 Å². The zero-order valence-electron chi connectivity index (χ0n) is 11.1. The molecule has 1 unspecified atom stereocenters. The summed E-state index contributed by atoms with van der Waals surface area (Å²) in [6.45, 7) is 1.80. The minimum Gasteiger partial charge on any atom is -0.286 e. The molecule has 0 bridgehead atoms. The summed E-state index contributed by atoms with van der Waals surface area (Å²) in [4.78, 5) is 0. The van der Waals surface area contributed by atoms with Crippen molar-refractivity contribution in [2.24, 2.45) is 10.2 Å². The molecule has 0 fully saturated rings. The second-order valence-corrected chi connectivity index (χ2v) is 4.62. The largest absolute Gasteiger partial charge is 0.286 e. The van der Waals surface area contributed by atoms with Gasteiger partial charge in [0.15, 0.2) is 6.17 Å². The molecule has 2 aromatic carbocycles. The third-order valence-corrected chi connectivity index (χ3v) is 3.23. The summed E-state index contributed by atoms with van der Waals surface area (Å²) < 4.78 is 0. The molecule has 0 aromatic heterocycles. The van der Waals surface area contributed by atoms with E-state index in [0.29, 0.717) is 11.4 Å². The van der Waals surface area contributed by atoms with Crippen molar-refractivity contribution in [1.82, 2.24) is 5.06 Å². The Labute approximate surface area is 117 Å². The zero-order valence-corrected chi connectivity index (χ0v) is 11.1. The Hall–Kier alpha value is -2.46. The van der Waals surface area contributed by atoms with E-state index in [1.54, 1.807) is 6.92 Å². The molecule has 3 rings (SSSR count). The van der Waals surface area contributed by atoms with Crippen LogP contribution in [-0.2, 0) is 0 Å². The number of hydrogen-bond donors (Lipinski definition) is 1. The highest BCUT2D eigenvalue weighted by atomic mass is 16.5. The Morgan fingerprint density at radius 2 is 1.45 bits per heavy atom. The maximum absolute atomic E-state index is 10.3. The number of nitrogens with zero attached hydrogens (tertiary/aromatic N) is 3. The number of rotatable bonds is 2. The van der Waals surface area contributed by atoms with Crippen LogP contribution in [0.4, 0.5) is 0 Å². The molecule has 2 aromatic rings. The van der Waals surface area contributed by atoms with Crippen LogP contribution in [0.5, 0.6) is 0 Å². The highest BCUT2D eigenvalue weighted by molar-refractivity contribution is 5.89. The van der Waals surface area contributed by atoms with Crippen molar-refractivity contribution in [3.8, 4) is 0 Å². The molecular weight excluding hydrogens is 250 g/mol. The van der Waals surface area contributed by atoms with Gasteiger partial charge in [-0.1, -0.05) is 60.7 Å². The molecule has 4 nitrogen and oxygen atoms in total. The SMILES string of the molecule is CC1N=NC(c2ccccc2)=C(c2ccccc2)N1O. The third kappa shape index (κ3) is 2.21. The lowest BCUT2D eigenvalue weighted by atomic mass is 10.0. The number of hydroxylamine groups is 2. The van der Waals surface area contributed by atoms with Gasteiger partial charge >= 0.3 is 0 Å². The molecule has 0 amide bonds. The molecule has 1 aliphatic heterocycles. The van der Waals surface area contributed by atoms with Gasteiger partial charge in [-0.25, -0.2) is 5.06 Å². The Bertz CT molecular complexity index is 650. The first kappa shape index (κ1) is 12.6. The highest BCUT2D eigenvalue weighted by Crippen LogP contribution is 2.34. The van der Waals surface area contributed by atoms with Crippen molar-refractivity contribution < 1.29 is 5.21 Å². The molecule has 0 radical (unpaired) electrons. The van der Waals surface area contributed by atoms with Gasteiger partial charge in [0.25, 0.3) is 0 Å². The van der Waals surface area contributed by atoms with Gasteiger partial charge in [0, 0.05) is 11.1 Å². The van der Waals surface area contributed by atoms with Crippen LogP contribution in [0.1, 0.15) is 18.1 Å². The van der Waals surface area contributed by atoms with Gasteiger partial charge in [0.05, 0.1) is 0 Å². The van der Waals surface area contributed by atoms with Crippen molar-refractivity contribution >= 4 is 11.4 Å². The molecular formula is C16H15N3O. The fourth-order valence-corrected chi connectivity index (χ4v) is 2.19. The van der Waals surface area contributed by atoms with E-state index in [-0.39, 0.29) is 0 Å². The molecule has 1 atom stereocenters. The first-order valence-electron chi connectivity index (χ1n) is 6.51. The van der Waals surface area contributed by atoms with Crippen molar-refractivity contribution in [3.05, 3.63) is 71.8 Å². The lowest BCUT2D eigenvalue weighted by Gasteiger charge is -2.28. The summed E-state index contributed by atoms with van der Waals surface area (Å²) in [5.74, 6) is 0. The standard InChI is InChI=1S/C16H15N3O/c1-12-17-18-15(13-8-4-2-5-9-13)16(19(12)20)14-10-6-3-7-11-14/h2-12,20H,1H3. The summed E-state index contributed by atoms with van der Waals surface area (Å²) in [7, 11) is 0. The summed E-state index contributed by atoms with van der Waals surface area (Å²) in [5, 5.41) is 19.9. The smallest absolute Gasteiger partial charge is 0.164 e. The summed E-state index contributed by atoms with van der Waals surface area (Å²) in [6, 6.07) is 19.5. The maximum Gasteiger partial charge on any atom is 0.164 e. The molecule has 20 heavy (non-hydrogen) atoms. The lowest BCUT2D eigenvalue weighted by molar-refractivity contribution is -0.0612. The Balaban J connectivity index is 2.20. The van der Waals surface area contributed by atoms with Gasteiger partial charge in [0.2, 0.25) is 0 Å². The van der Waals surface area contributed by atoms with Crippen LogP contribution in [0.2, 0.25) is 0 Å². The normalized spacial score (nSPS) is 18.5. The van der Waals surface area contributed by atoms with Gasteiger partial charge in [-0.2, -0.15) is 10.2 Å². The van der Waals surface area contributed by atoms with Crippen LogP contribution in [-0.4, -0.2) is 16.4 Å². The second-order valence-electron chi connectivity index (χ2n) is 4.62. The summed E-state index contributed by atoms with van der Waals surface area (Å²) in [5.41, 5.74) is 3.21. The molecule has 1 aliphatic rings. The average Bonchev–Trinajstić information content (AvgIpc) is 2.51. The molecule has 0 spiro atoms. The summed E-state index contributed by atoms with van der Waals surface area (Å²) in [6.07, 6.45) is -0.391. The minimum absolute atomic E-state index is 0.391. The first-order chi connectivity index (χ1) is 9.77. The van der Waals surface area contributed by atoms with Crippen LogP contribution >= 0.6 is 0 Å². The topological polar surface area (TPSA) is 48.2 Å². The third-order valence-electron chi connectivity index (χ3n) is 3.23. The van der Waals surface area contributed by atoms with E-state index >= 15 is 0 Å². The van der Waals surface area contributed by atoms with Crippen LogP contribution < -0.4 is 0 Å². The Kier molecular flexibility index (Phi) is 3.31. The lowest BCUT2D eigenvalue weighted by Crippen LogP contribution is -2.29. The van der Waals surface area contributed by atoms with Gasteiger partial charge < -0.3 is 0 Å². The van der Waals surface area contributed by atoms with E-state index in [0.717, 1.165) is 11.1 Å². The summed E-state index contributed by atoms with van der Waals surface area (Å²) >= 11 is 0. The molecule has 1 N–H and O–H groups in total. The number of azo groups is 1. The van der Waals surface area contributed by atoms with Crippen molar-refractivity contribution in [2.75, 3.05) is 0 Å². The van der Waals surface area contributed by atoms with Crippen LogP contribution in [0.25, 0.3) is 11.4 Å². The van der Waals surface area contributed by atoms with Crippen LogP contribution in [0, 0.1) is 0 Å². The quantitative estimate of drug-likeness (QED) is 0.891. The average molecular weight is 265 g/mol. The van der Waals surface area contributed by atoms with Gasteiger partial charge in [-0.05, 0) is 6.92 Å². The zero-order chi connectivity index (χ0) is 13.9. The van der Waals surface area contributed by atoms with Crippen molar-refractivity contribution in [2.45, 2.75) is 13.1 Å². The van der Waals surface area contributed by atoms with E-state index in [9.17, 15) is 5.21 Å². The number of benzene rings is 2. The van der Waals surface area contributed by atoms with Crippen LogP contribution in [0.3, 0.4) is 0 Å². The predicted molar refractivity (Wildman–Crippen MR) is 77.6 cm³/mol. The van der Waals surface area contributed by atoms with Crippen molar-refractivity contribution in [1.29, 1.82) is 0 Å². The Morgan fingerprint density at radius 3 is 2.05 bits per heavy atom. The predicted octanol–water partition coefficient (Wildman–Crippen LogP) is 4.02. The monoisotopic (exact) mass is 265 g/mol. The van der Waals surface area contributed by atoms with Crippen LogP contribution in [0.15, 0.2) is 70.9 Å².